The smallest absolute Gasteiger partial charge is 0.271 e. The summed E-state index contributed by atoms with van der Waals surface area (Å²) in [6, 6.07) is 7.84. The van der Waals surface area contributed by atoms with E-state index in [9.17, 15) is 14.7 Å². The minimum absolute atomic E-state index is 0.0757. The van der Waals surface area contributed by atoms with E-state index in [2.05, 4.69) is 15.7 Å². The molecule has 1 aliphatic carbocycles. The van der Waals surface area contributed by atoms with E-state index in [1.165, 1.54) is 17.8 Å². The Morgan fingerprint density at radius 1 is 1.32 bits per heavy atom. The third-order valence-electron chi connectivity index (χ3n) is 5.38. The predicted octanol–water partition coefficient (Wildman–Crippen LogP) is 0.852. The monoisotopic (exact) mass is 404 g/mol. The van der Waals surface area contributed by atoms with Crippen LogP contribution in [-0.4, -0.2) is 59.6 Å². The number of nitrogens with zero attached hydrogens (tertiary/aromatic N) is 2. The lowest BCUT2D eigenvalue weighted by Crippen LogP contribution is -2.33. The van der Waals surface area contributed by atoms with Crippen LogP contribution in [0.1, 0.15) is 32.6 Å². The van der Waals surface area contributed by atoms with E-state index in [1.807, 2.05) is 0 Å². The Morgan fingerprint density at radius 2 is 2.07 bits per heavy atom. The van der Waals surface area contributed by atoms with E-state index in [4.69, 9.17) is 16.3 Å². The number of fused-ring (bicyclic) bond motifs is 1. The minimum atomic E-state index is -0.653. The fourth-order valence-corrected chi connectivity index (χ4v) is 3.96. The summed E-state index contributed by atoms with van der Waals surface area (Å²) in [7, 11) is 1.49. The molecule has 1 unspecified atom stereocenters. The maximum Gasteiger partial charge on any atom is 0.271 e. The molecule has 0 radical (unpaired) electrons. The Hall–Kier alpha value is -2.42. The van der Waals surface area contributed by atoms with Crippen molar-refractivity contribution < 1.29 is 19.4 Å². The van der Waals surface area contributed by atoms with E-state index in [0.29, 0.717) is 35.6 Å². The van der Waals surface area contributed by atoms with Gasteiger partial charge >= 0.3 is 0 Å². The van der Waals surface area contributed by atoms with E-state index >= 15 is 0 Å². The van der Waals surface area contributed by atoms with Crippen molar-refractivity contribution in [2.75, 3.05) is 26.9 Å². The molecule has 4 rings (SSSR count). The zero-order valence-electron chi connectivity index (χ0n) is 15.3. The average Bonchev–Trinajstić information content (AvgIpc) is 3.08. The first-order valence-corrected chi connectivity index (χ1v) is 9.47. The van der Waals surface area contributed by atoms with E-state index in [-0.39, 0.29) is 29.9 Å². The van der Waals surface area contributed by atoms with Gasteiger partial charge in [-0.1, -0.05) is 23.7 Å². The fraction of sp³-hybridized carbons (Fsp3) is 0.421. The molecule has 1 saturated carbocycles. The van der Waals surface area contributed by atoms with Crippen LogP contribution in [-0.2, 0) is 4.74 Å². The van der Waals surface area contributed by atoms with Gasteiger partial charge in [0.1, 0.15) is 11.7 Å². The Morgan fingerprint density at radius 3 is 2.71 bits per heavy atom. The number of aliphatic hydroxyl groups excluding tert-OH is 1. The third-order valence-corrected chi connectivity index (χ3v) is 5.61. The van der Waals surface area contributed by atoms with Crippen LogP contribution < -0.4 is 10.6 Å². The van der Waals surface area contributed by atoms with Crippen molar-refractivity contribution in [2.24, 2.45) is 11.8 Å². The zero-order valence-corrected chi connectivity index (χ0v) is 16.0. The minimum Gasteiger partial charge on any atom is -0.394 e. The van der Waals surface area contributed by atoms with E-state index in [0.717, 1.165) is 0 Å². The van der Waals surface area contributed by atoms with Crippen molar-refractivity contribution >= 4 is 23.4 Å². The number of rotatable bonds is 6. The van der Waals surface area contributed by atoms with Crippen molar-refractivity contribution in [3.05, 3.63) is 52.3 Å². The standard InChI is InChI=1S/C19H21ClN4O4/c1-21-18(26)14-6-15(19(27)22-17-12-8-28-9-13(12)17)24(23-14)16(7-25)10-3-2-4-11(20)5-10/h2-6,12-13,16-17,25H,7-9H2,1H3,(H,21,26)(H,22,27)/t12-,13+,16-,17?/m1/s1. The van der Waals surface area contributed by atoms with Gasteiger partial charge in [-0.3, -0.25) is 9.59 Å². The molecule has 148 valence electrons. The fourth-order valence-electron chi connectivity index (χ4n) is 3.76. The summed E-state index contributed by atoms with van der Waals surface area (Å²) in [5.74, 6) is -0.0459. The molecule has 2 aromatic rings. The summed E-state index contributed by atoms with van der Waals surface area (Å²) in [4.78, 5) is 25.0. The van der Waals surface area contributed by atoms with Gasteiger partial charge in [-0.05, 0) is 17.7 Å². The molecule has 2 amide bonds. The van der Waals surface area contributed by atoms with Crippen LogP contribution in [0, 0.1) is 11.8 Å². The van der Waals surface area contributed by atoms with Gasteiger partial charge in [-0.15, -0.1) is 0 Å². The Kier molecular flexibility index (Phi) is 5.09. The highest BCUT2D eigenvalue weighted by Crippen LogP contribution is 2.44. The Labute approximate surface area is 166 Å². The third kappa shape index (κ3) is 3.39. The number of aliphatic hydroxyl groups is 1. The van der Waals surface area contributed by atoms with Crippen molar-refractivity contribution in [2.45, 2.75) is 12.1 Å². The lowest BCUT2D eigenvalue weighted by Gasteiger charge is -2.18. The lowest BCUT2D eigenvalue weighted by molar-refractivity contribution is 0.0912. The van der Waals surface area contributed by atoms with Crippen LogP contribution in [0.2, 0.25) is 5.02 Å². The molecule has 2 aliphatic rings. The first-order valence-electron chi connectivity index (χ1n) is 9.10. The van der Waals surface area contributed by atoms with Crippen molar-refractivity contribution in [1.29, 1.82) is 0 Å². The maximum absolute atomic E-state index is 12.9. The topological polar surface area (TPSA) is 105 Å². The number of aromatic nitrogens is 2. The van der Waals surface area contributed by atoms with Crippen molar-refractivity contribution in [3.63, 3.8) is 0 Å². The van der Waals surface area contributed by atoms with Gasteiger partial charge in [0.05, 0.1) is 19.8 Å². The number of carbonyl (C=O) groups excluding carboxylic acids is 2. The molecule has 9 heteroatoms. The number of hydrogen-bond acceptors (Lipinski definition) is 5. The van der Waals surface area contributed by atoms with Gasteiger partial charge in [0.2, 0.25) is 0 Å². The highest BCUT2D eigenvalue weighted by molar-refractivity contribution is 6.30. The highest BCUT2D eigenvalue weighted by Gasteiger charge is 2.55. The number of benzene rings is 1. The molecule has 3 N–H and O–H groups in total. The molecule has 1 aliphatic heterocycles. The quantitative estimate of drug-likeness (QED) is 0.662. The number of hydrogen-bond donors (Lipinski definition) is 3. The summed E-state index contributed by atoms with van der Waals surface area (Å²) in [6.45, 7) is 0.998. The molecule has 2 heterocycles. The SMILES string of the molecule is CNC(=O)c1cc(C(=O)NC2[C@H]3COC[C@@H]23)n([C@H](CO)c2cccc(Cl)c2)n1. The van der Waals surface area contributed by atoms with Crippen LogP contribution >= 0.6 is 11.6 Å². The summed E-state index contributed by atoms with van der Waals surface area (Å²) >= 11 is 6.08. The molecule has 4 atom stereocenters. The second kappa shape index (κ2) is 7.54. The van der Waals surface area contributed by atoms with Crippen LogP contribution in [0.15, 0.2) is 30.3 Å². The number of halogens is 1. The molecule has 8 nitrogen and oxygen atoms in total. The van der Waals surface area contributed by atoms with Gasteiger partial charge < -0.3 is 20.5 Å². The number of ether oxygens (including phenoxy) is 1. The van der Waals surface area contributed by atoms with Gasteiger partial charge in [-0.2, -0.15) is 5.10 Å². The van der Waals surface area contributed by atoms with Gasteiger partial charge in [0.25, 0.3) is 11.8 Å². The average molecular weight is 405 g/mol. The van der Waals surface area contributed by atoms with E-state index < -0.39 is 11.9 Å². The molecule has 2 fully saturated rings. The van der Waals surface area contributed by atoms with E-state index in [1.54, 1.807) is 24.3 Å². The largest absolute Gasteiger partial charge is 0.394 e. The van der Waals surface area contributed by atoms with Gasteiger partial charge in [0, 0.05) is 36.0 Å². The molecule has 1 aromatic heterocycles. The Bertz CT molecular complexity index is 905. The normalized spacial score (nSPS) is 23.8. The van der Waals surface area contributed by atoms with Crippen LogP contribution in [0.3, 0.4) is 0 Å². The lowest BCUT2D eigenvalue weighted by atomic mass is 10.1. The molecule has 28 heavy (non-hydrogen) atoms. The van der Waals surface area contributed by atoms with Crippen molar-refractivity contribution in [1.82, 2.24) is 20.4 Å². The molecule has 1 saturated heterocycles. The molecule has 0 spiro atoms. The summed E-state index contributed by atoms with van der Waals surface area (Å²) in [6.07, 6.45) is 0. The zero-order chi connectivity index (χ0) is 19.8. The predicted molar refractivity (Wildman–Crippen MR) is 101 cm³/mol. The first-order chi connectivity index (χ1) is 13.5. The molecule has 0 bridgehead atoms. The number of amides is 2. The highest BCUT2D eigenvalue weighted by atomic mass is 35.5. The molecule has 1 aromatic carbocycles. The molecular weight excluding hydrogens is 384 g/mol. The van der Waals surface area contributed by atoms with Crippen LogP contribution in [0.4, 0.5) is 0 Å². The number of nitrogens with one attached hydrogen (secondary N) is 2. The molecular formula is C19H21ClN4O4. The summed E-state index contributed by atoms with van der Waals surface area (Å²) < 4.78 is 6.74. The van der Waals surface area contributed by atoms with Crippen molar-refractivity contribution in [3.8, 4) is 0 Å². The second-order valence-electron chi connectivity index (χ2n) is 7.06. The Balaban J connectivity index is 1.67. The second-order valence-corrected chi connectivity index (χ2v) is 7.49. The summed E-state index contributed by atoms with van der Waals surface area (Å²) in [5.41, 5.74) is 1.00. The van der Waals surface area contributed by atoms with Gasteiger partial charge in [-0.25, -0.2) is 4.68 Å². The first kappa shape index (κ1) is 18.9. The van der Waals surface area contributed by atoms with Gasteiger partial charge in [0.15, 0.2) is 5.69 Å². The van der Waals surface area contributed by atoms with Crippen LogP contribution in [0.5, 0.6) is 0 Å². The summed E-state index contributed by atoms with van der Waals surface area (Å²) in [5, 5.41) is 20.3. The maximum atomic E-state index is 12.9. The van der Waals surface area contributed by atoms with Crippen LogP contribution in [0.25, 0.3) is 0 Å². The number of carbonyl (C=O) groups is 2.